The molecule has 64 heavy (non-hydrogen) atoms. The highest BCUT2D eigenvalue weighted by atomic mass is 16.5. The Morgan fingerprint density at radius 2 is 1.41 bits per heavy atom. The van der Waals surface area contributed by atoms with E-state index in [1.165, 1.54) is 39.9 Å². The standard InChI is InChI=1S/C48H62N8O8/c1-27(2)40(53-47(59)61-5)45(57)55-19-9-12-37(55)44-51-36-26-64-39-21-33(17-18-34(39)42(36)52-44)31-13-15-32(16-14-31)35-22-49-43(50-35)38-20-30(25-63-24-29-10-7-8-11-29)23-56(38)46(58)41(28(3)4)54-48(60)62-6/h13-18,21-22,27-30,37-38,40-41H,7-12,19-20,23-26H2,1-6H3,(H,49,50)(H,51,52)(H,53,59)(H,54,60)/t30-,37-,38-,40-,41-/m0/s1. The number of imidazole rings is 2. The van der Waals surface area contributed by atoms with E-state index < -0.39 is 24.3 Å². The molecular formula is C48H62N8O8. The van der Waals surface area contributed by atoms with Gasteiger partial charge in [-0.2, -0.15) is 0 Å². The van der Waals surface area contributed by atoms with Crippen molar-refractivity contribution >= 4 is 24.0 Å². The van der Waals surface area contributed by atoms with Gasteiger partial charge in [-0.3, -0.25) is 9.59 Å². The van der Waals surface area contributed by atoms with E-state index in [1.807, 2.05) is 55.8 Å². The van der Waals surface area contributed by atoms with E-state index in [-0.39, 0.29) is 41.7 Å². The number of hydrogen-bond acceptors (Lipinski definition) is 10. The molecule has 3 fully saturated rings. The number of carbonyl (C=O) groups is 4. The first-order valence-electron chi connectivity index (χ1n) is 22.8. The maximum atomic E-state index is 14.1. The second kappa shape index (κ2) is 19.5. The van der Waals surface area contributed by atoms with Gasteiger partial charge in [0.1, 0.15) is 36.1 Å². The summed E-state index contributed by atoms with van der Waals surface area (Å²) in [4.78, 5) is 72.7. The Labute approximate surface area is 374 Å². The zero-order valence-corrected chi connectivity index (χ0v) is 37.8. The van der Waals surface area contributed by atoms with Crippen LogP contribution >= 0.6 is 0 Å². The van der Waals surface area contributed by atoms with Gasteiger partial charge in [-0.15, -0.1) is 0 Å². The number of hydrogen-bond donors (Lipinski definition) is 4. The molecule has 1 aliphatic carbocycles. The third kappa shape index (κ3) is 9.47. The summed E-state index contributed by atoms with van der Waals surface area (Å²) in [5.41, 5.74) is 6.32. The number of fused-ring (bicyclic) bond motifs is 3. The number of ether oxygens (including phenoxy) is 4. The number of alkyl carbamates (subject to hydrolysis) is 2. The average molecular weight is 879 g/mol. The lowest BCUT2D eigenvalue weighted by molar-refractivity contribution is -0.136. The normalized spacial score (nSPS) is 20.5. The van der Waals surface area contributed by atoms with Crippen molar-refractivity contribution < 1.29 is 38.1 Å². The summed E-state index contributed by atoms with van der Waals surface area (Å²) < 4.78 is 22.2. The number of methoxy groups -OCH3 is 2. The summed E-state index contributed by atoms with van der Waals surface area (Å²) in [5.74, 6) is 2.28. The first-order valence-corrected chi connectivity index (χ1v) is 22.8. The van der Waals surface area contributed by atoms with Crippen LogP contribution in [0.5, 0.6) is 5.75 Å². The summed E-state index contributed by atoms with van der Waals surface area (Å²) in [6.45, 7) is 10.4. The van der Waals surface area contributed by atoms with Crippen molar-refractivity contribution in [2.24, 2.45) is 23.7 Å². The largest absolute Gasteiger partial charge is 0.487 e. The van der Waals surface area contributed by atoms with Crippen LogP contribution < -0.4 is 15.4 Å². The smallest absolute Gasteiger partial charge is 0.407 e. The fourth-order valence-electron chi connectivity index (χ4n) is 9.77. The van der Waals surface area contributed by atoms with Crippen LogP contribution in [-0.4, -0.2) is 106 Å². The number of H-pyrrole nitrogens is 2. The molecule has 4 aliphatic rings. The SMILES string of the molecule is COC(=O)N[C@H](C(=O)N1C[C@@H](COCC2CCCC2)C[C@H]1c1ncc(-c2ccc(-c3ccc4c(c3)OCc3[nH]c([C@@H]5CCCN5C(=O)[C@@H](NC(=O)OC)C(C)C)nc3-4)cc2)[nH]1)C(C)C. The number of rotatable bonds is 14. The van der Waals surface area contributed by atoms with Crippen LogP contribution in [0.3, 0.4) is 0 Å². The second-order valence-electron chi connectivity index (χ2n) is 18.4. The van der Waals surface area contributed by atoms with E-state index in [4.69, 9.17) is 28.9 Å². The van der Waals surface area contributed by atoms with Gasteiger partial charge in [0.2, 0.25) is 11.8 Å². The monoisotopic (exact) mass is 878 g/mol. The van der Waals surface area contributed by atoms with Crippen LogP contribution in [0.25, 0.3) is 33.6 Å². The number of aromatic amines is 2. The lowest BCUT2D eigenvalue weighted by Gasteiger charge is -2.30. The molecule has 2 aromatic carbocycles. The molecule has 1 saturated carbocycles. The average Bonchev–Trinajstić information content (AvgIpc) is 4.16. The minimum atomic E-state index is -0.745. The van der Waals surface area contributed by atoms with Gasteiger partial charge < -0.3 is 49.3 Å². The highest BCUT2D eigenvalue weighted by Crippen LogP contribution is 2.42. The molecule has 0 spiro atoms. The minimum absolute atomic E-state index is 0.124. The highest BCUT2D eigenvalue weighted by molar-refractivity contribution is 5.87. The van der Waals surface area contributed by atoms with Crippen molar-refractivity contribution in [3.63, 3.8) is 0 Å². The number of likely N-dealkylation sites (tertiary alicyclic amines) is 2. The van der Waals surface area contributed by atoms with Gasteiger partial charge >= 0.3 is 12.2 Å². The quantitative estimate of drug-likeness (QED) is 0.0983. The molecule has 5 heterocycles. The summed E-state index contributed by atoms with van der Waals surface area (Å²) >= 11 is 0. The lowest BCUT2D eigenvalue weighted by Crippen LogP contribution is -2.51. The molecule has 4 N–H and O–H groups in total. The van der Waals surface area contributed by atoms with E-state index in [9.17, 15) is 19.2 Å². The number of aromatic nitrogens is 4. The zero-order valence-electron chi connectivity index (χ0n) is 37.8. The Bertz CT molecular complexity index is 2300. The lowest BCUT2D eigenvalue weighted by atomic mass is 9.99. The molecule has 2 saturated heterocycles. The van der Waals surface area contributed by atoms with Crippen LogP contribution in [0.15, 0.2) is 48.7 Å². The molecule has 3 aliphatic heterocycles. The molecule has 0 bridgehead atoms. The van der Waals surface area contributed by atoms with E-state index in [0.29, 0.717) is 50.3 Å². The minimum Gasteiger partial charge on any atom is -0.487 e. The molecule has 16 heteroatoms. The summed E-state index contributed by atoms with van der Waals surface area (Å²) in [5, 5.41) is 5.47. The Balaban J connectivity index is 0.963. The first-order chi connectivity index (χ1) is 30.9. The maximum Gasteiger partial charge on any atom is 0.407 e. The van der Waals surface area contributed by atoms with Gasteiger partial charge in [-0.05, 0) is 78.7 Å². The van der Waals surface area contributed by atoms with Crippen LogP contribution in [0.4, 0.5) is 9.59 Å². The molecule has 0 unspecified atom stereocenters. The van der Waals surface area contributed by atoms with Crippen molar-refractivity contribution in [2.75, 3.05) is 40.5 Å². The molecular weight excluding hydrogens is 817 g/mol. The molecule has 4 aromatic rings. The summed E-state index contributed by atoms with van der Waals surface area (Å²) in [7, 11) is 2.59. The molecule has 0 radical (unpaired) electrons. The number of nitrogens with one attached hydrogen (secondary N) is 4. The van der Waals surface area contributed by atoms with E-state index in [2.05, 4.69) is 50.9 Å². The Morgan fingerprint density at radius 1 is 0.766 bits per heavy atom. The first kappa shape index (κ1) is 44.7. The van der Waals surface area contributed by atoms with Gasteiger partial charge in [-0.1, -0.05) is 70.9 Å². The van der Waals surface area contributed by atoms with Gasteiger partial charge in [0, 0.05) is 31.2 Å². The Morgan fingerprint density at radius 3 is 2.08 bits per heavy atom. The van der Waals surface area contributed by atoms with E-state index >= 15 is 0 Å². The van der Waals surface area contributed by atoms with Crippen molar-refractivity contribution in [1.29, 1.82) is 0 Å². The van der Waals surface area contributed by atoms with Crippen molar-refractivity contribution in [3.05, 3.63) is 66.0 Å². The van der Waals surface area contributed by atoms with Gasteiger partial charge in [0.15, 0.2) is 0 Å². The number of benzene rings is 2. The van der Waals surface area contributed by atoms with Crippen LogP contribution in [-0.2, 0) is 30.4 Å². The number of carbonyl (C=O) groups excluding carboxylic acids is 4. The second-order valence-corrected chi connectivity index (χ2v) is 18.4. The van der Waals surface area contributed by atoms with E-state index in [1.54, 1.807) is 0 Å². The fourth-order valence-corrected chi connectivity index (χ4v) is 9.77. The van der Waals surface area contributed by atoms with Crippen LogP contribution in [0.1, 0.15) is 102 Å². The third-order valence-corrected chi connectivity index (χ3v) is 13.3. The summed E-state index contributed by atoms with van der Waals surface area (Å²) in [6, 6.07) is 12.3. The predicted molar refractivity (Wildman–Crippen MR) is 239 cm³/mol. The zero-order chi connectivity index (χ0) is 45.1. The van der Waals surface area contributed by atoms with Gasteiger partial charge in [0.05, 0.1) is 56.2 Å². The molecule has 2 aromatic heterocycles. The van der Waals surface area contributed by atoms with Crippen LogP contribution in [0.2, 0.25) is 0 Å². The molecule has 8 rings (SSSR count). The molecule has 16 nitrogen and oxygen atoms in total. The van der Waals surface area contributed by atoms with Crippen molar-refractivity contribution in [2.45, 2.75) is 103 Å². The van der Waals surface area contributed by atoms with Crippen molar-refractivity contribution in [1.82, 2.24) is 40.4 Å². The van der Waals surface area contributed by atoms with Gasteiger partial charge in [-0.25, -0.2) is 19.6 Å². The topological polar surface area (TPSA) is 193 Å². The summed E-state index contributed by atoms with van der Waals surface area (Å²) in [6.07, 6.45) is 7.78. The molecule has 342 valence electrons. The Kier molecular flexibility index (Phi) is 13.6. The molecule has 4 amide bonds. The predicted octanol–water partition coefficient (Wildman–Crippen LogP) is 7.55. The Hall–Kier alpha value is -5.90. The third-order valence-electron chi connectivity index (χ3n) is 13.3. The fraction of sp³-hybridized carbons (Fsp3) is 0.542. The maximum absolute atomic E-state index is 14.1. The van der Waals surface area contributed by atoms with Gasteiger partial charge in [0.25, 0.3) is 0 Å². The highest BCUT2D eigenvalue weighted by Gasteiger charge is 2.42. The number of nitrogens with zero attached hydrogens (tertiary/aromatic N) is 4. The van der Waals surface area contributed by atoms with Crippen LogP contribution in [0, 0.1) is 23.7 Å². The molecule has 5 atom stereocenters. The van der Waals surface area contributed by atoms with E-state index in [0.717, 1.165) is 64.5 Å². The van der Waals surface area contributed by atoms with Crippen molar-refractivity contribution in [3.8, 4) is 39.4 Å². The number of amides is 4.